The topological polar surface area (TPSA) is 17.1 Å². The van der Waals surface area contributed by atoms with E-state index in [-0.39, 0.29) is 0 Å². The number of aryl methyl sites for hydroxylation is 1. The second-order valence-electron chi connectivity index (χ2n) is 3.51. The number of carbonyl (C=O) groups is 1. The van der Waals surface area contributed by atoms with Gasteiger partial charge in [0.05, 0.1) is 0 Å². The Morgan fingerprint density at radius 1 is 1.00 bits per heavy atom. The molecule has 0 aliphatic rings. The Hall–Kier alpha value is -1.89. The number of hydrogen-bond acceptors (Lipinski definition) is 1. The molecule has 0 atom stereocenters. The van der Waals surface area contributed by atoms with Crippen LogP contribution < -0.4 is 0 Å². The summed E-state index contributed by atoms with van der Waals surface area (Å²) >= 11 is 0. The zero-order valence-electron chi connectivity index (χ0n) is 8.60. The van der Waals surface area contributed by atoms with E-state index in [0.717, 1.165) is 11.8 Å². The minimum atomic E-state index is 0.800. The lowest BCUT2D eigenvalue weighted by Crippen LogP contribution is -1.82. The maximum atomic E-state index is 10.3. The van der Waals surface area contributed by atoms with Crippen LogP contribution in [0.1, 0.15) is 11.1 Å². The van der Waals surface area contributed by atoms with E-state index in [1.54, 1.807) is 0 Å². The van der Waals surface area contributed by atoms with Gasteiger partial charge in [-0.1, -0.05) is 42.5 Å². The first-order valence-electron chi connectivity index (χ1n) is 4.93. The van der Waals surface area contributed by atoms with Crippen LogP contribution in [0.2, 0.25) is 0 Å². The fourth-order valence-electron chi connectivity index (χ4n) is 1.76. The van der Waals surface area contributed by atoms with Crippen molar-refractivity contribution in [3.05, 3.63) is 53.6 Å². The number of benzene rings is 2. The minimum Gasteiger partial charge on any atom is -0.299 e. The van der Waals surface area contributed by atoms with Gasteiger partial charge in [0.1, 0.15) is 6.29 Å². The summed E-state index contributed by atoms with van der Waals surface area (Å²) in [6.45, 7) is 2.09. The quantitative estimate of drug-likeness (QED) is 0.531. The number of fused-ring (bicyclic) bond motifs is 1. The van der Waals surface area contributed by atoms with Crippen molar-refractivity contribution in [2.45, 2.75) is 6.92 Å². The molecule has 74 valence electrons. The van der Waals surface area contributed by atoms with Gasteiger partial charge in [-0.3, -0.25) is 4.79 Å². The Morgan fingerprint density at radius 2 is 1.73 bits per heavy atom. The highest BCUT2D eigenvalue weighted by Gasteiger charge is 1.99. The van der Waals surface area contributed by atoms with Gasteiger partial charge in [-0.15, -0.1) is 0 Å². The van der Waals surface area contributed by atoms with Gasteiger partial charge in [0.25, 0.3) is 0 Å². The first-order valence-corrected chi connectivity index (χ1v) is 4.93. The van der Waals surface area contributed by atoms with Crippen molar-refractivity contribution in [3.8, 4) is 0 Å². The Morgan fingerprint density at radius 3 is 2.47 bits per heavy atom. The van der Waals surface area contributed by atoms with Gasteiger partial charge in [-0.25, -0.2) is 0 Å². The molecule has 0 N–H and O–H groups in total. The highest BCUT2D eigenvalue weighted by atomic mass is 16.1. The Balaban J connectivity index is 2.71. The van der Waals surface area contributed by atoms with Crippen LogP contribution in [0, 0.1) is 6.92 Å². The summed E-state index contributed by atoms with van der Waals surface area (Å²) in [5, 5.41) is 2.43. The maximum absolute atomic E-state index is 10.3. The van der Waals surface area contributed by atoms with Gasteiger partial charge in [0.15, 0.2) is 0 Å². The van der Waals surface area contributed by atoms with Gasteiger partial charge in [0, 0.05) is 0 Å². The molecule has 0 aliphatic heterocycles. The zero-order chi connectivity index (χ0) is 10.7. The zero-order valence-corrected chi connectivity index (χ0v) is 8.60. The molecule has 0 bridgehead atoms. The molecule has 0 spiro atoms. The standard InChI is InChI=1S/C14H12O/c1-11-8-9-12(5-4-10-15)14-7-3-2-6-13(11)14/h2-10H,1H3/b5-4+. The SMILES string of the molecule is Cc1ccc(/C=C/C=O)c2ccccc12. The second kappa shape index (κ2) is 4.09. The fourth-order valence-corrected chi connectivity index (χ4v) is 1.76. The first-order chi connectivity index (χ1) is 7.33. The largest absolute Gasteiger partial charge is 0.299 e. The van der Waals surface area contributed by atoms with Crippen molar-refractivity contribution >= 4 is 23.1 Å². The van der Waals surface area contributed by atoms with Crippen molar-refractivity contribution in [1.82, 2.24) is 0 Å². The first kappa shape index (κ1) is 9.66. The molecule has 1 heteroatoms. The predicted octanol–water partition coefficient (Wildman–Crippen LogP) is 3.36. The third-order valence-corrected chi connectivity index (χ3v) is 2.53. The number of hydrogen-bond donors (Lipinski definition) is 0. The van der Waals surface area contributed by atoms with Crippen molar-refractivity contribution in [3.63, 3.8) is 0 Å². The number of aldehydes is 1. The van der Waals surface area contributed by atoms with Gasteiger partial charge in [-0.05, 0) is 34.9 Å². The van der Waals surface area contributed by atoms with Crippen LogP contribution in [0.3, 0.4) is 0 Å². The summed E-state index contributed by atoms with van der Waals surface area (Å²) in [6.07, 6.45) is 4.17. The molecule has 1 nitrogen and oxygen atoms in total. The molecule has 2 rings (SSSR count). The average molecular weight is 196 g/mol. The molecule has 0 heterocycles. The van der Waals surface area contributed by atoms with E-state index in [1.165, 1.54) is 22.4 Å². The van der Waals surface area contributed by atoms with Gasteiger partial charge < -0.3 is 0 Å². The van der Waals surface area contributed by atoms with Crippen LogP contribution in [-0.4, -0.2) is 6.29 Å². The summed E-state index contributed by atoms with van der Waals surface area (Å²) in [5.74, 6) is 0. The van der Waals surface area contributed by atoms with Gasteiger partial charge in [0.2, 0.25) is 0 Å². The van der Waals surface area contributed by atoms with Crippen molar-refractivity contribution in [2.75, 3.05) is 0 Å². The van der Waals surface area contributed by atoms with E-state index < -0.39 is 0 Å². The molecule has 0 fully saturated rings. The molecule has 15 heavy (non-hydrogen) atoms. The Kier molecular flexibility index (Phi) is 2.64. The number of carbonyl (C=O) groups excluding carboxylic acids is 1. The lowest BCUT2D eigenvalue weighted by molar-refractivity contribution is -0.104. The molecule has 0 aromatic heterocycles. The minimum absolute atomic E-state index is 0.800. The molecule has 0 amide bonds. The molecule has 0 saturated heterocycles. The highest BCUT2D eigenvalue weighted by Crippen LogP contribution is 2.22. The molecule has 0 unspecified atom stereocenters. The second-order valence-corrected chi connectivity index (χ2v) is 3.51. The Labute approximate surface area is 89.0 Å². The number of allylic oxidation sites excluding steroid dienone is 1. The number of rotatable bonds is 2. The van der Waals surface area contributed by atoms with Crippen LogP contribution in [0.15, 0.2) is 42.5 Å². The summed E-state index contributed by atoms with van der Waals surface area (Å²) < 4.78 is 0. The summed E-state index contributed by atoms with van der Waals surface area (Å²) in [6, 6.07) is 12.3. The molecule has 2 aromatic rings. The fraction of sp³-hybridized carbons (Fsp3) is 0.0714. The van der Waals surface area contributed by atoms with Crippen LogP contribution in [-0.2, 0) is 4.79 Å². The third kappa shape index (κ3) is 1.82. The highest BCUT2D eigenvalue weighted by molar-refractivity contribution is 5.94. The van der Waals surface area contributed by atoms with Gasteiger partial charge in [-0.2, -0.15) is 0 Å². The molecule has 2 aromatic carbocycles. The monoisotopic (exact) mass is 196 g/mol. The van der Waals surface area contributed by atoms with E-state index >= 15 is 0 Å². The normalized spacial score (nSPS) is 11.0. The maximum Gasteiger partial charge on any atom is 0.142 e. The lowest BCUT2D eigenvalue weighted by atomic mass is 10.0. The van der Waals surface area contributed by atoms with E-state index in [0.29, 0.717) is 0 Å². The molecule has 0 aliphatic carbocycles. The van der Waals surface area contributed by atoms with Crippen molar-refractivity contribution < 1.29 is 4.79 Å². The van der Waals surface area contributed by atoms with E-state index in [9.17, 15) is 4.79 Å². The van der Waals surface area contributed by atoms with E-state index in [1.807, 2.05) is 24.3 Å². The van der Waals surface area contributed by atoms with E-state index in [2.05, 4.69) is 25.1 Å². The summed E-state index contributed by atoms with van der Waals surface area (Å²) in [5.41, 5.74) is 2.34. The van der Waals surface area contributed by atoms with Crippen molar-refractivity contribution in [2.24, 2.45) is 0 Å². The van der Waals surface area contributed by atoms with E-state index in [4.69, 9.17) is 0 Å². The van der Waals surface area contributed by atoms with Crippen LogP contribution in [0.25, 0.3) is 16.8 Å². The third-order valence-electron chi connectivity index (χ3n) is 2.53. The molecular weight excluding hydrogens is 184 g/mol. The Bertz CT molecular complexity index is 524. The van der Waals surface area contributed by atoms with Crippen LogP contribution in [0.4, 0.5) is 0 Å². The van der Waals surface area contributed by atoms with Crippen molar-refractivity contribution in [1.29, 1.82) is 0 Å². The van der Waals surface area contributed by atoms with Crippen LogP contribution >= 0.6 is 0 Å². The average Bonchev–Trinajstić information content (AvgIpc) is 2.29. The molecule has 0 saturated carbocycles. The molecule has 0 radical (unpaired) electrons. The summed E-state index contributed by atoms with van der Waals surface area (Å²) in [4.78, 5) is 10.3. The predicted molar refractivity (Wildman–Crippen MR) is 63.8 cm³/mol. The molecular formula is C14H12O. The summed E-state index contributed by atoms with van der Waals surface area (Å²) in [7, 11) is 0. The van der Waals surface area contributed by atoms with Gasteiger partial charge >= 0.3 is 0 Å². The van der Waals surface area contributed by atoms with Crippen LogP contribution in [0.5, 0.6) is 0 Å². The lowest BCUT2D eigenvalue weighted by Gasteiger charge is -2.04. The smallest absolute Gasteiger partial charge is 0.142 e.